The van der Waals surface area contributed by atoms with E-state index in [4.69, 9.17) is 9.41 Å². The number of aliphatic imine (C=N–C) groups is 1. The molecular weight excluding hydrogens is 502 g/mol. The summed E-state index contributed by atoms with van der Waals surface area (Å²) in [6.45, 7) is 15.4. The van der Waals surface area contributed by atoms with Crippen LogP contribution in [0.1, 0.15) is 74.2 Å². The molecule has 0 spiro atoms. The molecule has 2 aromatic carbocycles. The van der Waals surface area contributed by atoms with Crippen LogP contribution >= 0.6 is 0 Å². The van der Waals surface area contributed by atoms with Gasteiger partial charge < -0.3 is 19.3 Å². The average molecular weight is 544 g/mol. The zero-order valence-electron chi connectivity index (χ0n) is 24.7. The van der Waals surface area contributed by atoms with E-state index in [9.17, 15) is 14.7 Å². The minimum atomic E-state index is -0.195. The van der Waals surface area contributed by atoms with Gasteiger partial charge in [-0.1, -0.05) is 50.6 Å². The van der Waals surface area contributed by atoms with E-state index >= 15 is 0 Å². The van der Waals surface area contributed by atoms with Gasteiger partial charge >= 0.3 is 0 Å². The maximum Gasteiger partial charge on any atom is 0.272 e. The summed E-state index contributed by atoms with van der Waals surface area (Å²) in [5.41, 5.74) is 4.95. The molecule has 4 rings (SSSR count). The molecule has 0 aliphatic carbocycles. The molecule has 7 heteroatoms. The first kappa shape index (κ1) is 29.1. The lowest BCUT2D eigenvalue weighted by molar-refractivity contribution is -0.129. The molecule has 3 atom stereocenters. The van der Waals surface area contributed by atoms with Gasteiger partial charge in [-0.3, -0.25) is 14.6 Å². The van der Waals surface area contributed by atoms with Gasteiger partial charge in [0.15, 0.2) is 0 Å². The number of furan rings is 1. The second-order valence-electron chi connectivity index (χ2n) is 11.1. The van der Waals surface area contributed by atoms with Gasteiger partial charge in [0.05, 0.1) is 5.56 Å². The van der Waals surface area contributed by atoms with Gasteiger partial charge in [-0.2, -0.15) is 0 Å². The third kappa shape index (κ3) is 5.98. The molecule has 7 nitrogen and oxygen atoms in total. The van der Waals surface area contributed by atoms with Crippen molar-refractivity contribution in [1.82, 2.24) is 9.80 Å². The Morgan fingerprint density at radius 3 is 2.58 bits per heavy atom. The number of amides is 2. The number of nitrogens with zero attached hydrogens (tertiary/aromatic N) is 3. The highest BCUT2D eigenvalue weighted by Gasteiger charge is 2.34. The molecule has 1 saturated heterocycles. The van der Waals surface area contributed by atoms with Gasteiger partial charge in [0, 0.05) is 37.3 Å². The van der Waals surface area contributed by atoms with Crippen LogP contribution in [0.25, 0.3) is 11.0 Å². The number of aryl methyl sites for hydroxylation is 2. The summed E-state index contributed by atoms with van der Waals surface area (Å²) < 4.78 is 5.78. The Hall–Kier alpha value is -3.87. The maximum absolute atomic E-state index is 13.7. The fourth-order valence-electron chi connectivity index (χ4n) is 5.30. The number of phenols is 1. The van der Waals surface area contributed by atoms with Gasteiger partial charge in [-0.05, 0) is 75.3 Å². The van der Waals surface area contributed by atoms with E-state index in [1.807, 2.05) is 27.0 Å². The quantitative estimate of drug-likeness (QED) is 0.268. The molecule has 3 aromatic rings. The topological polar surface area (TPSA) is 86.4 Å². The second-order valence-corrected chi connectivity index (χ2v) is 11.1. The molecule has 212 valence electrons. The zero-order chi connectivity index (χ0) is 29.1. The summed E-state index contributed by atoms with van der Waals surface area (Å²) in [5, 5.41) is 10.6. The predicted molar refractivity (Wildman–Crippen MR) is 160 cm³/mol. The molecule has 0 bridgehead atoms. The van der Waals surface area contributed by atoms with E-state index in [1.165, 1.54) is 11.1 Å². The summed E-state index contributed by atoms with van der Waals surface area (Å²) in [4.78, 5) is 35.7. The third-order valence-corrected chi connectivity index (χ3v) is 8.17. The molecule has 3 unspecified atom stereocenters. The van der Waals surface area contributed by atoms with Crippen molar-refractivity contribution in [2.75, 3.05) is 19.6 Å². The summed E-state index contributed by atoms with van der Waals surface area (Å²) in [5.74, 6) is 0.762. The van der Waals surface area contributed by atoms with Crippen molar-refractivity contribution in [1.29, 1.82) is 0 Å². The largest absolute Gasteiger partial charge is 0.508 e. The van der Waals surface area contributed by atoms with E-state index in [0.29, 0.717) is 47.6 Å². The number of fused-ring (bicyclic) bond motifs is 1. The zero-order valence-corrected chi connectivity index (χ0v) is 24.7. The Balaban J connectivity index is 1.49. The van der Waals surface area contributed by atoms with E-state index in [2.05, 4.69) is 45.0 Å². The first-order chi connectivity index (χ1) is 19.0. The van der Waals surface area contributed by atoms with Crippen molar-refractivity contribution in [3.05, 3.63) is 76.2 Å². The number of benzene rings is 2. The number of phenolic OH excluding ortho intramolecular Hbond substituents is 1. The highest BCUT2D eigenvalue weighted by Crippen LogP contribution is 2.31. The van der Waals surface area contributed by atoms with E-state index in [1.54, 1.807) is 34.9 Å². The highest BCUT2D eigenvalue weighted by molar-refractivity contribution is 6.07. The van der Waals surface area contributed by atoms with Crippen molar-refractivity contribution in [3.63, 3.8) is 0 Å². The molecule has 0 radical (unpaired) electrons. The standard InChI is InChI=1S/C33H41N3O4/c1-8-21(3)31(34-18-22(4)24(6)26-11-9-10-20(2)16-26)33(39)35-14-15-36(23(5)19-35)32(38)30-25(7)40-29-13-12-27(37)17-28(29)30/h9-13,16-18,22-24,37H,8,14-15,19H2,1-7H3. The first-order valence-corrected chi connectivity index (χ1v) is 14.1. The molecule has 1 fully saturated rings. The van der Waals surface area contributed by atoms with Crippen LogP contribution in [0.3, 0.4) is 0 Å². The normalized spacial score (nSPS) is 18.2. The fourth-order valence-corrected chi connectivity index (χ4v) is 5.30. The van der Waals surface area contributed by atoms with E-state index in [-0.39, 0.29) is 35.4 Å². The number of carbonyl (C=O) groups excluding carboxylic acids is 2. The van der Waals surface area contributed by atoms with Crippen LogP contribution in [-0.4, -0.2) is 58.6 Å². The van der Waals surface area contributed by atoms with E-state index < -0.39 is 0 Å². The lowest BCUT2D eigenvalue weighted by atomic mass is 9.89. The van der Waals surface area contributed by atoms with Crippen LogP contribution < -0.4 is 0 Å². The Morgan fingerprint density at radius 1 is 1.15 bits per heavy atom. The van der Waals surface area contributed by atoms with Gasteiger partial charge in [0.1, 0.15) is 22.8 Å². The number of allylic oxidation sites excluding steroid dienone is 1. The number of piperazine rings is 1. The summed E-state index contributed by atoms with van der Waals surface area (Å²) in [6.07, 6.45) is 2.64. The molecule has 0 saturated carbocycles. The number of aromatic hydroxyl groups is 1. The SMILES string of the molecule is CCC(C)=C(N=CC(C)C(C)c1cccc(C)c1)C(=O)N1CCN(C(=O)c2c(C)oc3ccc(O)cc23)C(C)C1. The van der Waals surface area contributed by atoms with Gasteiger partial charge in [0.25, 0.3) is 11.8 Å². The molecule has 1 N–H and O–H groups in total. The summed E-state index contributed by atoms with van der Waals surface area (Å²) in [6, 6.07) is 13.1. The minimum absolute atomic E-state index is 0.0829. The molecule has 2 heterocycles. The van der Waals surface area contributed by atoms with Crippen LogP contribution in [0.5, 0.6) is 5.75 Å². The fraction of sp³-hybridized carbons (Fsp3) is 0.424. The second kappa shape index (κ2) is 12.1. The maximum atomic E-state index is 13.7. The molecule has 2 amide bonds. The van der Waals surface area contributed by atoms with Crippen LogP contribution in [-0.2, 0) is 4.79 Å². The van der Waals surface area contributed by atoms with E-state index in [0.717, 1.165) is 12.0 Å². The molecule has 1 aromatic heterocycles. The summed E-state index contributed by atoms with van der Waals surface area (Å²) in [7, 11) is 0. The monoisotopic (exact) mass is 543 g/mol. The van der Waals surface area contributed by atoms with Crippen molar-refractivity contribution in [2.24, 2.45) is 10.9 Å². The van der Waals surface area contributed by atoms with Crippen LogP contribution in [0.2, 0.25) is 0 Å². The van der Waals surface area contributed by atoms with Gasteiger partial charge in [-0.15, -0.1) is 0 Å². The number of hydrogen-bond donors (Lipinski definition) is 1. The van der Waals surface area contributed by atoms with Crippen LogP contribution in [0.15, 0.2) is 63.1 Å². The molecule has 1 aliphatic heterocycles. The van der Waals surface area contributed by atoms with Crippen LogP contribution in [0.4, 0.5) is 0 Å². The molecule has 40 heavy (non-hydrogen) atoms. The Morgan fingerprint density at radius 2 is 1.90 bits per heavy atom. The van der Waals surface area contributed by atoms with Crippen molar-refractivity contribution in [3.8, 4) is 5.75 Å². The lowest BCUT2D eigenvalue weighted by Gasteiger charge is -2.40. The predicted octanol–water partition coefficient (Wildman–Crippen LogP) is 6.62. The Bertz CT molecular complexity index is 1470. The van der Waals surface area contributed by atoms with Crippen molar-refractivity contribution < 1.29 is 19.1 Å². The number of rotatable bonds is 7. The smallest absolute Gasteiger partial charge is 0.272 e. The van der Waals surface area contributed by atoms with Crippen LogP contribution in [0, 0.1) is 19.8 Å². The van der Waals surface area contributed by atoms with Crippen molar-refractivity contribution >= 4 is 29.0 Å². The summed E-state index contributed by atoms with van der Waals surface area (Å²) >= 11 is 0. The van der Waals surface area contributed by atoms with Gasteiger partial charge in [0.2, 0.25) is 0 Å². The lowest BCUT2D eigenvalue weighted by Crippen LogP contribution is -2.55. The highest BCUT2D eigenvalue weighted by atomic mass is 16.3. The Labute approximate surface area is 237 Å². The van der Waals surface area contributed by atoms with Crippen molar-refractivity contribution in [2.45, 2.75) is 66.8 Å². The molecule has 1 aliphatic rings. The first-order valence-electron chi connectivity index (χ1n) is 14.1. The number of carbonyl (C=O) groups is 2. The Kier molecular flexibility index (Phi) is 8.82. The average Bonchev–Trinajstić information content (AvgIpc) is 3.26. The number of hydrogen-bond acceptors (Lipinski definition) is 5. The third-order valence-electron chi connectivity index (χ3n) is 8.17. The van der Waals surface area contributed by atoms with Gasteiger partial charge in [-0.25, -0.2) is 0 Å². The minimum Gasteiger partial charge on any atom is -0.508 e. The molecular formula is C33H41N3O4.